The number of nitrogens with one attached hydrogen (secondary N) is 1. The quantitative estimate of drug-likeness (QED) is 0.759. The Morgan fingerprint density at radius 3 is 2.58 bits per heavy atom. The number of pyridine rings is 1. The van der Waals surface area contributed by atoms with Crippen molar-refractivity contribution in [3.63, 3.8) is 0 Å². The maximum Gasteiger partial charge on any atom is 0.337 e. The summed E-state index contributed by atoms with van der Waals surface area (Å²) in [6.45, 7) is 0.871. The van der Waals surface area contributed by atoms with Crippen LogP contribution in [-0.2, 0) is 0 Å². The third-order valence-corrected chi connectivity index (χ3v) is 3.90. The van der Waals surface area contributed by atoms with E-state index in [0.717, 1.165) is 25.7 Å². The van der Waals surface area contributed by atoms with E-state index in [1.165, 1.54) is 18.7 Å². The lowest BCUT2D eigenvalue weighted by molar-refractivity contribution is 0.0696. The first-order valence-electron chi connectivity index (χ1n) is 6.69. The van der Waals surface area contributed by atoms with Gasteiger partial charge < -0.3 is 15.5 Å². The van der Waals surface area contributed by atoms with Gasteiger partial charge in [0.05, 0.1) is 12.2 Å². The molecule has 1 saturated carbocycles. The van der Waals surface area contributed by atoms with E-state index in [0.29, 0.717) is 12.4 Å². The Hall–Kier alpha value is -1.62. The molecule has 2 rings (SSSR count). The van der Waals surface area contributed by atoms with Crippen molar-refractivity contribution < 1.29 is 15.0 Å². The number of hydrogen-bond donors (Lipinski definition) is 3. The number of carboxylic acid groups (broad SMARTS) is 1. The van der Waals surface area contributed by atoms with Crippen LogP contribution in [0.1, 0.15) is 42.5 Å². The normalized spacial score (nSPS) is 17.9. The van der Waals surface area contributed by atoms with Crippen molar-refractivity contribution in [2.75, 3.05) is 18.5 Å². The van der Waals surface area contributed by atoms with Gasteiger partial charge in [-0.1, -0.05) is 19.3 Å². The number of rotatable bonds is 5. The largest absolute Gasteiger partial charge is 0.478 e. The van der Waals surface area contributed by atoms with Gasteiger partial charge in [0.25, 0.3) is 0 Å². The molecule has 5 heteroatoms. The summed E-state index contributed by atoms with van der Waals surface area (Å²) < 4.78 is 0. The molecule has 19 heavy (non-hydrogen) atoms. The van der Waals surface area contributed by atoms with Crippen LogP contribution < -0.4 is 5.32 Å². The van der Waals surface area contributed by atoms with E-state index in [1.807, 2.05) is 0 Å². The zero-order chi connectivity index (χ0) is 13.7. The van der Waals surface area contributed by atoms with Crippen molar-refractivity contribution >= 4 is 11.8 Å². The highest BCUT2D eigenvalue weighted by molar-refractivity contribution is 5.87. The molecule has 1 heterocycles. The number of nitrogens with zero attached hydrogens (tertiary/aromatic N) is 1. The summed E-state index contributed by atoms with van der Waals surface area (Å²) in [6.07, 6.45) is 6.97. The van der Waals surface area contributed by atoms with Crippen LogP contribution in [0, 0.1) is 5.41 Å². The number of anilines is 1. The molecule has 5 nitrogen and oxygen atoms in total. The fraction of sp³-hybridized carbons (Fsp3) is 0.571. The molecule has 0 radical (unpaired) electrons. The molecule has 1 aromatic rings. The zero-order valence-corrected chi connectivity index (χ0v) is 10.9. The lowest BCUT2D eigenvalue weighted by atomic mass is 9.74. The van der Waals surface area contributed by atoms with Crippen LogP contribution in [0.25, 0.3) is 0 Å². The van der Waals surface area contributed by atoms with Gasteiger partial charge in [0.1, 0.15) is 5.82 Å². The van der Waals surface area contributed by atoms with Crippen molar-refractivity contribution in [3.05, 3.63) is 23.9 Å². The molecule has 0 atom stereocenters. The van der Waals surface area contributed by atoms with Crippen LogP contribution in [0.5, 0.6) is 0 Å². The summed E-state index contributed by atoms with van der Waals surface area (Å²) in [4.78, 5) is 14.8. The van der Waals surface area contributed by atoms with Gasteiger partial charge in [0.2, 0.25) is 0 Å². The minimum absolute atomic E-state index is 0.0502. The van der Waals surface area contributed by atoms with E-state index in [4.69, 9.17) is 5.11 Å². The highest BCUT2D eigenvalue weighted by atomic mass is 16.4. The number of carbonyl (C=O) groups is 1. The Balaban J connectivity index is 1.95. The van der Waals surface area contributed by atoms with Crippen molar-refractivity contribution in [1.82, 2.24) is 4.98 Å². The molecule has 1 aliphatic rings. The second-order valence-electron chi connectivity index (χ2n) is 5.31. The molecule has 0 aliphatic heterocycles. The van der Waals surface area contributed by atoms with E-state index < -0.39 is 5.97 Å². The van der Waals surface area contributed by atoms with Gasteiger partial charge in [-0.15, -0.1) is 0 Å². The fourth-order valence-corrected chi connectivity index (χ4v) is 2.60. The Kier molecular flexibility index (Phi) is 4.37. The SMILES string of the molecule is O=C(O)c1ccc(NCC2(CO)CCCCC2)nc1. The molecule has 0 amide bonds. The molecule has 0 bridgehead atoms. The zero-order valence-electron chi connectivity index (χ0n) is 10.9. The first-order chi connectivity index (χ1) is 9.15. The summed E-state index contributed by atoms with van der Waals surface area (Å²) in [6, 6.07) is 3.20. The third kappa shape index (κ3) is 3.44. The summed E-state index contributed by atoms with van der Waals surface area (Å²) in [7, 11) is 0. The van der Waals surface area contributed by atoms with Gasteiger partial charge in [0, 0.05) is 18.2 Å². The van der Waals surface area contributed by atoms with Crippen LogP contribution in [-0.4, -0.2) is 34.3 Å². The topological polar surface area (TPSA) is 82.5 Å². The van der Waals surface area contributed by atoms with E-state index in [2.05, 4.69) is 10.3 Å². The molecule has 1 aromatic heterocycles. The number of aromatic nitrogens is 1. The molecule has 3 N–H and O–H groups in total. The fourth-order valence-electron chi connectivity index (χ4n) is 2.60. The maximum atomic E-state index is 10.7. The van der Waals surface area contributed by atoms with Gasteiger partial charge in [-0.05, 0) is 25.0 Å². The average molecular weight is 264 g/mol. The van der Waals surface area contributed by atoms with Crippen LogP contribution in [0.3, 0.4) is 0 Å². The van der Waals surface area contributed by atoms with Gasteiger partial charge in [0.15, 0.2) is 0 Å². The number of aliphatic hydroxyl groups excluding tert-OH is 1. The highest BCUT2D eigenvalue weighted by Gasteiger charge is 2.31. The molecule has 0 spiro atoms. The Labute approximate surface area is 112 Å². The predicted octanol–water partition coefficient (Wildman–Crippen LogP) is 2.13. The first-order valence-corrected chi connectivity index (χ1v) is 6.69. The van der Waals surface area contributed by atoms with Gasteiger partial charge >= 0.3 is 5.97 Å². The van der Waals surface area contributed by atoms with Crippen molar-refractivity contribution in [1.29, 1.82) is 0 Å². The molecule has 1 fully saturated rings. The second-order valence-corrected chi connectivity index (χ2v) is 5.31. The number of aromatic carboxylic acids is 1. The predicted molar refractivity (Wildman–Crippen MR) is 72.3 cm³/mol. The average Bonchev–Trinajstić information content (AvgIpc) is 2.46. The smallest absolute Gasteiger partial charge is 0.337 e. The van der Waals surface area contributed by atoms with Gasteiger partial charge in [-0.3, -0.25) is 0 Å². The maximum absolute atomic E-state index is 10.7. The third-order valence-electron chi connectivity index (χ3n) is 3.90. The highest BCUT2D eigenvalue weighted by Crippen LogP contribution is 2.35. The second kappa shape index (κ2) is 6.02. The molecule has 1 aliphatic carbocycles. The van der Waals surface area contributed by atoms with Crippen LogP contribution >= 0.6 is 0 Å². The number of aliphatic hydroxyl groups is 1. The van der Waals surface area contributed by atoms with E-state index in [-0.39, 0.29) is 17.6 Å². The minimum atomic E-state index is -0.974. The van der Waals surface area contributed by atoms with Crippen LogP contribution in [0.2, 0.25) is 0 Å². The van der Waals surface area contributed by atoms with Crippen LogP contribution in [0.4, 0.5) is 5.82 Å². The molecule has 104 valence electrons. The number of hydrogen-bond acceptors (Lipinski definition) is 4. The monoisotopic (exact) mass is 264 g/mol. The van der Waals surface area contributed by atoms with E-state index in [9.17, 15) is 9.90 Å². The van der Waals surface area contributed by atoms with Gasteiger partial charge in [-0.25, -0.2) is 9.78 Å². The standard InChI is InChI=1S/C14H20N2O3/c17-10-14(6-2-1-3-7-14)9-16-12-5-4-11(8-15-12)13(18)19/h4-5,8,17H,1-3,6-7,9-10H2,(H,15,16)(H,18,19). The molecular weight excluding hydrogens is 244 g/mol. The molecule has 0 unspecified atom stereocenters. The van der Waals surface area contributed by atoms with Crippen molar-refractivity contribution in [2.45, 2.75) is 32.1 Å². The minimum Gasteiger partial charge on any atom is -0.478 e. The summed E-state index contributed by atoms with van der Waals surface area (Å²) in [5, 5.41) is 21.6. The first kappa shape index (κ1) is 13.8. The Morgan fingerprint density at radius 2 is 2.05 bits per heavy atom. The summed E-state index contributed by atoms with van der Waals surface area (Å²) in [5.41, 5.74) is 0.130. The van der Waals surface area contributed by atoms with E-state index in [1.54, 1.807) is 6.07 Å². The van der Waals surface area contributed by atoms with Crippen molar-refractivity contribution in [3.8, 4) is 0 Å². The van der Waals surface area contributed by atoms with Crippen molar-refractivity contribution in [2.24, 2.45) is 5.41 Å². The molecular formula is C14H20N2O3. The van der Waals surface area contributed by atoms with Gasteiger partial charge in [-0.2, -0.15) is 0 Å². The summed E-state index contributed by atoms with van der Waals surface area (Å²) >= 11 is 0. The Morgan fingerprint density at radius 1 is 1.32 bits per heavy atom. The van der Waals surface area contributed by atoms with E-state index >= 15 is 0 Å². The molecule has 0 saturated heterocycles. The lowest BCUT2D eigenvalue weighted by Crippen LogP contribution is -2.35. The lowest BCUT2D eigenvalue weighted by Gasteiger charge is -2.35. The summed E-state index contributed by atoms with van der Waals surface area (Å²) in [5.74, 6) is -0.318. The number of carboxylic acids is 1. The van der Waals surface area contributed by atoms with Crippen LogP contribution in [0.15, 0.2) is 18.3 Å². The molecule has 0 aromatic carbocycles. The Bertz CT molecular complexity index is 425.